The summed E-state index contributed by atoms with van der Waals surface area (Å²) in [6, 6.07) is 0. The van der Waals surface area contributed by atoms with E-state index in [1.54, 1.807) is 0 Å². The van der Waals surface area contributed by atoms with E-state index in [0.717, 1.165) is 13.0 Å². The molecule has 0 aromatic heterocycles. The quantitative estimate of drug-likeness (QED) is 0.0898. The number of halogens is 1. The van der Waals surface area contributed by atoms with Crippen LogP contribution in [0.3, 0.4) is 0 Å². The molecule has 7 heteroatoms. The summed E-state index contributed by atoms with van der Waals surface area (Å²) in [5, 5.41) is 6.21. The Hall–Kier alpha value is 0.307. The minimum atomic E-state index is -4.05. The van der Waals surface area contributed by atoms with E-state index in [4.69, 9.17) is 0 Å². The summed E-state index contributed by atoms with van der Waals surface area (Å²) in [6.07, 6.45) is 22.5. The first-order chi connectivity index (χ1) is 13.5. The van der Waals surface area contributed by atoms with Crippen molar-refractivity contribution in [3.8, 4) is 0 Å². The highest BCUT2D eigenvalue weighted by atomic mass is 35.5. The number of nitrogens with one attached hydrogen (secondary N) is 2. The zero-order chi connectivity index (χ0) is 20.9. The number of rotatable bonds is 22. The van der Waals surface area contributed by atoms with Crippen molar-refractivity contribution in [2.45, 2.75) is 129 Å². The van der Waals surface area contributed by atoms with Crippen molar-refractivity contribution in [2.24, 2.45) is 0 Å². The molecule has 1 atom stereocenters. The molecule has 0 fully saturated rings. The largest absolute Gasteiger partial charge is 0.510 e. The van der Waals surface area contributed by atoms with E-state index >= 15 is 0 Å². The topological polar surface area (TPSA) is 84.8 Å². The van der Waals surface area contributed by atoms with E-state index in [0.29, 0.717) is 13.1 Å². The molecule has 0 aliphatic carbocycles. The first kappa shape index (κ1) is 31.5. The number of unbranched alkanes of at least 4 members (excludes halogenated alkanes) is 15. The van der Waals surface area contributed by atoms with Gasteiger partial charge in [0.1, 0.15) is 0 Å². The zero-order valence-electron chi connectivity index (χ0n) is 19.3. The van der Waals surface area contributed by atoms with Gasteiger partial charge in [0.25, 0.3) is 0 Å². The summed E-state index contributed by atoms with van der Waals surface area (Å²) in [7, 11) is -4.05. The molecule has 0 heterocycles. The van der Waals surface area contributed by atoms with Gasteiger partial charge in [0.15, 0.2) is 0 Å². The predicted molar refractivity (Wildman–Crippen MR) is 129 cm³/mol. The fourth-order valence-corrected chi connectivity index (χ4v) is 4.56. The molecule has 0 aromatic rings. The Morgan fingerprint density at radius 2 is 1.00 bits per heavy atom. The Morgan fingerprint density at radius 1 is 0.621 bits per heavy atom. The summed E-state index contributed by atoms with van der Waals surface area (Å²) >= 11 is 0. The number of hydrogen-bond donors (Lipinski definition) is 5. The monoisotopic (exact) mass is 454 g/mol. The Bertz CT molecular complexity index is 321. The first-order valence-corrected chi connectivity index (χ1v) is 14.1. The van der Waals surface area contributed by atoms with Gasteiger partial charge in [-0.15, -0.1) is 12.4 Å². The van der Waals surface area contributed by atoms with Crippen molar-refractivity contribution in [1.82, 2.24) is 10.6 Å². The second kappa shape index (κ2) is 23.0. The molecule has 29 heavy (non-hydrogen) atoms. The molecule has 0 bridgehead atoms. The van der Waals surface area contributed by atoms with E-state index in [-0.39, 0.29) is 12.4 Å². The van der Waals surface area contributed by atoms with E-state index < -0.39 is 14.5 Å². The SMILES string of the molecule is CCCCCCCCCCCCCCCCCCNCNC(CC)[Si](O)(O)O.Cl. The van der Waals surface area contributed by atoms with E-state index in [9.17, 15) is 14.4 Å². The highest BCUT2D eigenvalue weighted by Crippen LogP contribution is 2.13. The maximum Gasteiger partial charge on any atom is 0.510 e. The third kappa shape index (κ3) is 22.8. The summed E-state index contributed by atoms with van der Waals surface area (Å²) in [5.41, 5.74) is -0.592. The van der Waals surface area contributed by atoms with Crippen LogP contribution in [0.15, 0.2) is 0 Å². The van der Waals surface area contributed by atoms with Gasteiger partial charge in [-0.25, -0.2) is 0 Å². The molecule has 0 saturated carbocycles. The molecule has 0 aliphatic rings. The maximum atomic E-state index is 9.29. The maximum absolute atomic E-state index is 9.29. The van der Waals surface area contributed by atoms with Crippen molar-refractivity contribution in [3.05, 3.63) is 0 Å². The molecule has 0 aliphatic heterocycles. The van der Waals surface area contributed by atoms with Crippen LogP contribution in [-0.2, 0) is 0 Å². The summed E-state index contributed by atoms with van der Waals surface area (Å²) < 4.78 is 0. The van der Waals surface area contributed by atoms with Crippen LogP contribution in [0.1, 0.15) is 123 Å². The van der Waals surface area contributed by atoms with Crippen molar-refractivity contribution >= 4 is 21.2 Å². The zero-order valence-corrected chi connectivity index (χ0v) is 21.1. The average molecular weight is 455 g/mol. The first-order valence-electron chi connectivity index (χ1n) is 12.1. The third-order valence-corrected chi connectivity index (χ3v) is 7.10. The Morgan fingerprint density at radius 3 is 1.34 bits per heavy atom. The highest BCUT2D eigenvalue weighted by Gasteiger charge is 2.37. The minimum absolute atomic E-state index is 0. The van der Waals surface area contributed by atoms with Crippen molar-refractivity contribution in [3.63, 3.8) is 0 Å². The highest BCUT2D eigenvalue weighted by molar-refractivity contribution is 6.58. The molecule has 0 spiro atoms. The average Bonchev–Trinajstić information content (AvgIpc) is 2.65. The lowest BCUT2D eigenvalue weighted by Gasteiger charge is -2.22. The van der Waals surface area contributed by atoms with Gasteiger partial charge < -0.3 is 19.7 Å². The predicted octanol–water partition coefficient (Wildman–Crippen LogP) is 5.04. The summed E-state index contributed by atoms with van der Waals surface area (Å²) in [6.45, 7) is 5.55. The lowest BCUT2D eigenvalue weighted by Crippen LogP contribution is -2.57. The van der Waals surface area contributed by atoms with Crippen LogP contribution < -0.4 is 10.6 Å². The molecule has 5 nitrogen and oxygen atoms in total. The van der Waals surface area contributed by atoms with Crippen molar-refractivity contribution in [2.75, 3.05) is 13.2 Å². The van der Waals surface area contributed by atoms with Gasteiger partial charge in [-0.3, -0.25) is 5.32 Å². The van der Waals surface area contributed by atoms with E-state index in [1.807, 2.05) is 6.92 Å². The molecule has 0 rings (SSSR count). The molecule has 1 unspecified atom stereocenters. The molecule has 5 N–H and O–H groups in total. The Labute approximate surface area is 188 Å². The van der Waals surface area contributed by atoms with Crippen molar-refractivity contribution < 1.29 is 14.4 Å². The van der Waals surface area contributed by atoms with Gasteiger partial charge in [0.2, 0.25) is 0 Å². The van der Waals surface area contributed by atoms with Crippen molar-refractivity contribution in [1.29, 1.82) is 0 Å². The van der Waals surface area contributed by atoms with Gasteiger partial charge in [-0.2, -0.15) is 0 Å². The smallest absolute Gasteiger partial charge is 0.389 e. The third-order valence-electron chi connectivity index (χ3n) is 5.56. The molecular formula is C22H51ClN2O3Si. The lowest BCUT2D eigenvalue weighted by molar-refractivity contribution is 0.199. The normalized spacial score (nSPS) is 12.7. The molecule has 0 radical (unpaired) electrons. The van der Waals surface area contributed by atoms with Gasteiger partial charge in [-0.05, 0) is 19.4 Å². The summed E-state index contributed by atoms with van der Waals surface area (Å²) in [4.78, 5) is 27.9. The second-order valence-electron chi connectivity index (χ2n) is 8.33. The van der Waals surface area contributed by atoms with Crippen LogP contribution in [-0.4, -0.2) is 42.1 Å². The lowest BCUT2D eigenvalue weighted by atomic mass is 10.0. The molecule has 0 amide bonds. The summed E-state index contributed by atoms with van der Waals surface area (Å²) in [5.74, 6) is 0. The van der Waals surface area contributed by atoms with Gasteiger partial charge in [0, 0.05) is 6.67 Å². The molecule has 0 saturated heterocycles. The van der Waals surface area contributed by atoms with Gasteiger partial charge in [0.05, 0.1) is 5.67 Å². The fourth-order valence-electron chi connectivity index (χ4n) is 3.64. The Kier molecular flexibility index (Phi) is 25.0. The van der Waals surface area contributed by atoms with E-state index in [1.165, 1.54) is 96.3 Å². The van der Waals surface area contributed by atoms with Crippen LogP contribution >= 0.6 is 12.4 Å². The van der Waals surface area contributed by atoms with Crippen LogP contribution in [0.25, 0.3) is 0 Å². The van der Waals surface area contributed by atoms with Crippen LogP contribution in [0.4, 0.5) is 0 Å². The van der Waals surface area contributed by atoms with Crippen LogP contribution in [0.5, 0.6) is 0 Å². The van der Waals surface area contributed by atoms with Crippen LogP contribution in [0, 0.1) is 0 Å². The second-order valence-corrected chi connectivity index (χ2v) is 10.4. The number of hydrogen-bond acceptors (Lipinski definition) is 5. The Balaban J connectivity index is 0. The van der Waals surface area contributed by atoms with E-state index in [2.05, 4.69) is 17.6 Å². The molecule has 178 valence electrons. The minimum Gasteiger partial charge on any atom is -0.389 e. The fraction of sp³-hybridized carbons (Fsp3) is 1.00. The van der Waals surface area contributed by atoms with Crippen LogP contribution in [0.2, 0.25) is 0 Å². The molecule has 0 aromatic carbocycles. The van der Waals surface area contributed by atoms with Gasteiger partial charge >= 0.3 is 8.80 Å². The van der Waals surface area contributed by atoms with Gasteiger partial charge in [-0.1, -0.05) is 110 Å². The standard InChI is InChI=1S/C22H50N2O3Si.ClH/c1-3-5-6-7-8-9-10-11-12-13-14-15-16-17-18-19-20-23-21-24-22(4-2)28(25,26)27;/h22-27H,3-21H2,1-2H3;1H. The molecular weight excluding hydrogens is 404 g/mol.